The maximum Gasteiger partial charge on any atom is 0.323 e. The summed E-state index contributed by atoms with van der Waals surface area (Å²) in [6.45, 7) is 2.55. The summed E-state index contributed by atoms with van der Waals surface area (Å²) in [5.41, 5.74) is -0.736. The summed E-state index contributed by atoms with van der Waals surface area (Å²) in [5, 5.41) is 12.6. The first-order chi connectivity index (χ1) is 7.14. The minimum absolute atomic E-state index is 0.420. The van der Waals surface area contributed by atoms with E-state index in [1.54, 1.807) is 7.11 Å². The average Bonchev–Trinajstić information content (AvgIpc) is 3.00. The van der Waals surface area contributed by atoms with Gasteiger partial charge in [0, 0.05) is 19.8 Å². The van der Waals surface area contributed by atoms with Gasteiger partial charge in [-0.2, -0.15) is 0 Å². The highest BCUT2D eigenvalue weighted by atomic mass is 16.5. The topological polar surface area (TPSA) is 58.6 Å². The molecule has 1 saturated carbocycles. The van der Waals surface area contributed by atoms with Gasteiger partial charge in [-0.25, -0.2) is 0 Å². The standard InChI is InChI=1S/C11H21NO3/c1-3-11(10(13)14,7-4-8-15-2)12-9-5-6-9/h9,12H,3-8H2,1-2H3,(H,13,14). The molecular formula is C11H21NO3. The van der Waals surface area contributed by atoms with E-state index in [0.717, 1.165) is 19.3 Å². The predicted molar refractivity (Wildman–Crippen MR) is 57.9 cm³/mol. The minimum Gasteiger partial charge on any atom is -0.480 e. The van der Waals surface area contributed by atoms with E-state index in [2.05, 4.69) is 5.32 Å². The first-order valence-corrected chi connectivity index (χ1v) is 5.64. The summed E-state index contributed by atoms with van der Waals surface area (Å²) < 4.78 is 4.96. The molecule has 2 N–H and O–H groups in total. The quantitative estimate of drug-likeness (QED) is 0.601. The van der Waals surface area contributed by atoms with E-state index in [1.165, 1.54) is 0 Å². The Morgan fingerprint density at radius 1 is 1.60 bits per heavy atom. The highest BCUT2D eigenvalue weighted by Crippen LogP contribution is 2.27. The number of methoxy groups -OCH3 is 1. The SMILES string of the molecule is CCC(CCCOC)(NC1CC1)C(=O)O. The van der Waals surface area contributed by atoms with Gasteiger partial charge in [-0.05, 0) is 32.1 Å². The van der Waals surface area contributed by atoms with Gasteiger partial charge in [0.2, 0.25) is 0 Å². The fourth-order valence-corrected chi connectivity index (χ4v) is 1.81. The Morgan fingerprint density at radius 3 is 2.67 bits per heavy atom. The number of rotatable bonds is 8. The zero-order valence-electron chi connectivity index (χ0n) is 9.58. The van der Waals surface area contributed by atoms with Crippen LogP contribution in [0.15, 0.2) is 0 Å². The summed E-state index contributed by atoms with van der Waals surface area (Å²) in [4.78, 5) is 11.3. The first-order valence-electron chi connectivity index (χ1n) is 5.64. The van der Waals surface area contributed by atoms with Crippen molar-refractivity contribution in [3.8, 4) is 0 Å². The second-order valence-electron chi connectivity index (χ2n) is 4.26. The van der Waals surface area contributed by atoms with Gasteiger partial charge in [-0.3, -0.25) is 10.1 Å². The Bertz CT molecular complexity index is 216. The third kappa shape index (κ3) is 3.47. The predicted octanol–water partition coefficient (Wildman–Crippen LogP) is 1.40. The van der Waals surface area contributed by atoms with E-state index in [1.807, 2.05) is 6.92 Å². The largest absolute Gasteiger partial charge is 0.480 e. The fourth-order valence-electron chi connectivity index (χ4n) is 1.81. The Balaban J connectivity index is 2.51. The van der Waals surface area contributed by atoms with Gasteiger partial charge in [-0.15, -0.1) is 0 Å². The van der Waals surface area contributed by atoms with Crippen molar-refractivity contribution >= 4 is 5.97 Å². The van der Waals surface area contributed by atoms with Gasteiger partial charge in [0.05, 0.1) is 0 Å². The van der Waals surface area contributed by atoms with Crippen molar-refractivity contribution in [1.29, 1.82) is 0 Å². The van der Waals surface area contributed by atoms with Gasteiger partial charge in [0.15, 0.2) is 0 Å². The molecule has 1 atom stereocenters. The lowest BCUT2D eigenvalue weighted by atomic mass is 9.90. The number of carbonyl (C=O) groups is 1. The second-order valence-corrected chi connectivity index (χ2v) is 4.26. The summed E-state index contributed by atoms with van der Waals surface area (Å²) >= 11 is 0. The highest BCUT2D eigenvalue weighted by molar-refractivity contribution is 5.78. The van der Waals surface area contributed by atoms with Crippen LogP contribution in [0.4, 0.5) is 0 Å². The number of carboxylic acids is 1. The van der Waals surface area contributed by atoms with Gasteiger partial charge in [0.1, 0.15) is 5.54 Å². The van der Waals surface area contributed by atoms with Crippen molar-refractivity contribution in [1.82, 2.24) is 5.32 Å². The zero-order chi connectivity index (χ0) is 11.3. The molecule has 1 unspecified atom stereocenters. The molecule has 1 fully saturated rings. The lowest BCUT2D eigenvalue weighted by Crippen LogP contribution is -2.52. The number of carboxylic acid groups (broad SMARTS) is 1. The molecular weight excluding hydrogens is 194 g/mol. The molecule has 0 aliphatic heterocycles. The van der Waals surface area contributed by atoms with E-state index in [0.29, 0.717) is 25.5 Å². The Hall–Kier alpha value is -0.610. The van der Waals surface area contributed by atoms with Crippen molar-refractivity contribution in [3.05, 3.63) is 0 Å². The Kier molecular flexibility index (Phi) is 4.54. The Labute approximate surface area is 91.0 Å². The van der Waals surface area contributed by atoms with Gasteiger partial charge in [-0.1, -0.05) is 6.92 Å². The molecule has 4 heteroatoms. The van der Waals surface area contributed by atoms with Crippen molar-refractivity contribution < 1.29 is 14.6 Å². The molecule has 15 heavy (non-hydrogen) atoms. The van der Waals surface area contributed by atoms with E-state index in [4.69, 9.17) is 4.74 Å². The Morgan fingerprint density at radius 2 is 2.27 bits per heavy atom. The molecule has 4 nitrogen and oxygen atoms in total. The lowest BCUT2D eigenvalue weighted by molar-refractivity contribution is -0.145. The van der Waals surface area contributed by atoms with Crippen LogP contribution >= 0.6 is 0 Å². The first kappa shape index (κ1) is 12.5. The van der Waals surface area contributed by atoms with E-state index < -0.39 is 11.5 Å². The van der Waals surface area contributed by atoms with Gasteiger partial charge >= 0.3 is 5.97 Å². The van der Waals surface area contributed by atoms with Gasteiger partial charge in [0.25, 0.3) is 0 Å². The van der Waals surface area contributed by atoms with Crippen LogP contribution in [-0.2, 0) is 9.53 Å². The second kappa shape index (κ2) is 5.47. The molecule has 0 amide bonds. The molecule has 0 radical (unpaired) electrons. The zero-order valence-corrected chi connectivity index (χ0v) is 9.58. The molecule has 1 aliphatic rings. The van der Waals surface area contributed by atoms with Gasteiger partial charge < -0.3 is 9.84 Å². The van der Waals surface area contributed by atoms with E-state index >= 15 is 0 Å². The third-order valence-corrected chi connectivity index (χ3v) is 3.02. The molecule has 1 rings (SSSR count). The molecule has 88 valence electrons. The number of hydrogen-bond acceptors (Lipinski definition) is 3. The smallest absolute Gasteiger partial charge is 0.323 e. The maximum absolute atomic E-state index is 11.3. The van der Waals surface area contributed by atoms with Crippen LogP contribution in [0.5, 0.6) is 0 Å². The molecule has 0 aromatic rings. The number of ether oxygens (including phenoxy) is 1. The number of hydrogen-bond donors (Lipinski definition) is 2. The van der Waals surface area contributed by atoms with Crippen molar-refractivity contribution in [3.63, 3.8) is 0 Å². The minimum atomic E-state index is -0.736. The normalized spacial score (nSPS) is 19.9. The molecule has 0 aromatic carbocycles. The summed E-state index contributed by atoms with van der Waals surface area (Å²) in [6.07, 6.45) is 4.28. The van der Waals surface area contributed by atoms with Crippen molar-refractivity contribution in [2.75, 3.05) is 13.7 Å². The van der Waals surface area contributed by atoms with Crippen LogP contribution in [0.2, 0.25) is 0 Å². The molecule has 1 aliphatic carbocycles. The number of aliphatic carboxylic acids is 1. The molecule has 0 spiro atoms. The maximum atomic E-state index is 11.3. The van der Waals surface area contributed by atoms with Crippen LogP contribution in [-0.4, -0.2) is 36.4 Å². The summed E-state index contributed by atoms with van der Waals surface area (Å²) in [6, 6.07) is 0.420. The summed E-state index contributed by atoms with van der Waals surface area (Å²) in [5.74, 6) is -0.729. The van der Waals surface area contributed by atoms with E-state index in [-0.39, 0.29) is 0 Å². The van der Waals surface area contributed by atoms with Crippen LogP contribution in [0.1, 0.15) is 39.0 Å². The monoisotopic (exact) mass is 215 g/mol. The molecule has 0 aromatic heterocycles. The summed E-state index contributed by atoms with van der Waals surface area (Å²) in [7, 11) is 1.64. The van der Waals surface area contributed by atoms with Crippen LogP contribution in [0.3, 0.4) is 0 Å². The van der Waals surface area contributed by atoms with E-state index in [9.17, 15) is 9.90 Å². The van der Waals surface area contributed by atoms with Crippen molar-refractivity contribution in [2.45, 2.75) is 50.6 Å². The van der Waals surface area contributed by atoms with Crippen molar-refractivity contribution in [2.24, 2.45) is 0 Å². The molecule has 0 saturated heterocycles. The lowest BCUT2D eigenvalue weighted by Gasteiger charge is -2.29. The highest BCUT2D eigenvalue weighted by Gasteiger charge is 2.40. The van der Waals surface area contributed by atoms with Crippen LogP contribution in [0, 0.1) is 0 Å². The third-order valence-electron chi connectivity index (χ3n) is 3.02. The number of nitrogens with one attached hydrogen (secondary N) is 1. The average molecular weight is 215 g/mol. The molecule has 0 bridgehead atoms. The van der Waals surface area contributed by atoms with Crippen LogP contribution < -0.4 is 5.32 Å². The van der Waals surface area contributed by atoms with Crippen LogP contribution in [0.25, 0.3) is 0 Å². The fraction of sp³-hybridized carbons (Fsp3) is 0.909. The molecule has 0 heterocycles.